The van der Waals surface area contributed by atoms with Crippen LogP contribution in [0.15, 0.2) is 30.3 Å². The molecule has 0 aliphatic rings. The summed E-state index contributed by atoms with van der Waals surface area (Å²) in [6.45, 7) is 3.27. The van der Waals surface area contributed by atoms with Crippen LogP contribution in [0.25, 0.3) is 0 Å². The van der Waals surface area contributed by atoms with E-state index in [4.69, 9.17) is 11.1 Å². The number of carbonyl (C=O) groups excluding carboxylic acids is 1. The van der Waals surface area contributed by atoms with Gasteiger partial charge in [-0.2, -0.15) is 0 Å². The summed E-state index contributed by atoms with van der Waals surface area (Å²) in [5.74, 6) is -0.490. The van der Waals surface area contributed by atoms with Gasteiger partial charge in [-0.25, -0.2) is 0 Å². The summed E-state index contributed by atoms with van der Waals surface area (Å²) in [4.78, 5) is 11.3. The van der Waals surface area contributed by atoms with Crippen molar-refractivity contribution in [2.75, 3.05) is 0 Å². The van der Waals surface area contributed by atoms with Crippen molar-refractivity contribution in [3.8, 4) is 0 Å². The highest BCUT2D eigenvalue weighted by Crippen LogP contribution is 2.24. The molecule has 0 bridgehead atoms. The average Bonchev–Trinajstić information content (AvgIpc) is 2.17. The third kappa shape index (κ3) is 1.53. The second-order valence-corrected chi connectivity index (χ2v) is 3.48. The minimum Gasteiger partial charge on any atom is -0.369 e. The summed E-state index contributed by atoms with van der Waals surface area (Å²) in [6.07, 6.45) is 0. The predicted octanol–water partition coefficient (Wildman–Crippen LogP) is 1.47. The van der Waals surface area contributed by atoms with Gasteiger partial charge in [0.1, 0.15) is 5.41 Å². The van der Waals surface area contributed by atoms with Crippen molar-refractivity contribution in [1.29, 1.82) is 5.41 Å². The van der Waals surface area contributed by atoms with E-state index in [1.807, 2.05) is 30.3 Å². The van der Waals surface area contributed by atoms with E-state index in [1.54, 1.807) is 13.8 Å². The molecule has 1 aromatic carbocycles. The average molecular weight is 190 g/mol. The maximum atomic E-state index is 11.3. The van der Waals surface area contributed by atoms with Crippen LogP contribution >= 0.6 is 0 Å². The van der Waals surface area contributed by atoms with Crippen LogP contribution < -0.4 is 5.73 Å². The van der Waals surface area contributed by atoms with Crippen LogP contribution in [0.1, 0.15) is 19.4 Å². The molecule has 3 N–H and O–H groups in total. The molecule has 3 nitrogen and oxygen atoms in total. The molecule has 0 aromatic heterocycles. The van der Waals surface area contributed by atoms with Crippen LogP contribution in [0.4, 0.5) is 0 Å². The van der Waals surface area contributed by atoms with Gasteiger partial charge in [0.15, 0.2) is 0 Å². The molecule has 0 saturated heterocycles. The topological polar surface area (TPSA) is 66.9 Å². The van der Waals surface area contributed by atoms with Crippen molar-refractivity contribution in [1.82, 2.24) is 0 Å². The lowest BCUT2D eigenvalue weighted by atomic mass is 9.78. The number of rotatable bonds is 3. The fourth-order valence-corrected chi connectivity index (χ4v) is 1.32. The zero-order valence-corrected chi connectivity index (χ0v) is 8.37. The second-order valence-electron chi connectivity index (χ2n) is 3.48. The van der Waals surface area contributed by atoms with Crippen molar-refractivity contribution in [3.05, 3.63) is 35.9 Å². The zero-order valence-electron chi connectivity index (χ0n) is 8.37. The van der Waals surface area contributed by atoms with E-state index >= 15 is 0 Å². The number of hydrogen-bond acceptors (Lipinski definition) is 2. The van der Waals surface area contributed by atoms with Crippen LogP contribution in [-0.2, 0) is 10.2 Å². The number of hydrogen-bond donors (Lipinski definition) is 2. The number of amides is 1. The minimum absolute atomic E-state index is 0.260. The molecule has 14 heavy (non-hydrogen) atoms. The van der Waals surface area contributed by atoms with Gasteiger partial charge in [-0.05, 0) is 19.4 Å². The molecule has 1 amide bonds. The Morgan fingerprint density at radius 1 is 1.36 bits per heavy atom. The molecule has 1 rings (SSSR count). The quantitative estimate of drug-likeness (QED) is 0.696. The lowest BCUT2D eigenvalue weighted by molar-refractivity contribution is -0.120. The molecule has 74 valence electrons. The second kappa shape index (κ2) is 3.62. The SMILES string of the molecule is CC(=N)C(C)(C(N)=O)c1ccccc1. The Labute approximate surface area is 83.4 Å². The van der Waals surface area contributed by atoms with Crippen molar-refractivity contribution in [2.45, 2.75) is 19.3 Å². The van der Waals surface area contributed by atoms with Gasteiger partial charge < -0.3 is 11.1 Å². The summed E-state index contributed by atoms with van der Waals surface area (Å²) < 4.78 is 0. The number of primary amides is 1. The first-order valence-electron chi connectivity index (χ1n) is 4.40. The monoisotopic (exact) mass is 190 g/mol. The van der Waals surface area contributed by atoms with Gasteiger partial charge in [0.25, 0.3) is 0 Å². The van der Waals surface area contributed by atoms with Crippen LogP contribution in [-0.4, -0.2) is 11.6 Å². The third-order valence-electron chi connectivity index (χ3n) is 2.59. The molecule has 0 spiro atoms. The van der Waals surface area contributed by atoms with E-state index < -0.39 is 11.3 Å². The molecule has 3 heteroatoms. The normalized spacial score (nSPS) is 14.4. The van der Waals surface area contributed by atoms with Crippen LogP contribution in [0, 0.1) is 5.41 Å². The molecule has 0 aliphatic carbocycles. The van der Waals surface area contributed by atoms with E-state index in [0.29, 0.717) is 0 Å². The molecule has 0 radical (unpaired) electrons. The molecule has 0 heterocycles. The first kappa shape index (κ1) is 10.4. The summed E-state index contributed by atoms with van der Waals surface area (Å²) in [7, 11) is 0. The largest absolute Gasteiger partial charge is 0.369 e. The van der Waals surface area contributed by atoms with Gasteiger partial charge in [-0.3, -0.25) is 4.79 Å². The molecular weight excluding hydrogens is 176 g/mol. The molecule has 1 aromatic rings. The van der Waals surface area contributed by atoms with Gasteiger partial charge in [0.05, 0.1) is 0 Å². The highest BCUT2D eigenvalue weighted by Gasteiger charge is 2.35. The van der Waals surface area contributed by atoms with Crippen LogP contribution in [0.5, 0.6) is 0 Å². The molecule has 0 saturated carbocycles. The number of nitrogens with one attached hydrogen (secondary N) is 1. The lowest BCUT2D eigenvalue weighted by Crippen LogP contribution is -2.43. The minimum atomic E-state index is -0.985. The summed E-state index contributed by atoms with van der Waals surface area (Å²) in [6, 6.07) is 9.15. The van der Waals surface area contributed by atoms with Crippen molar-refractivity contribution < 1.29 is 4.79 Å². The summed E-state index contributed by atoms with van der Waals surface area (Å²) >= 11 is 0. The van der Waals surface area contributed by atoms with E-state index in [2.05, 4.69) is 0 Å². The van der Waals surface area contributed by atoms with Gasteiger partial charge in [0.2, 0.25) is 5.91 Å². The molecule has 0 fully saturated rings. The fourth-order valence-electron chi connectivity index (χ4n) is 1.32. The van der Waals surface area contributed by atoms with Gasteiger partial charge in [-0.15, -0.1) is 0 Å². The summed E-state index contributed by atoms with van der Waals surface area (Å²) in [5.41, 5.74) is 5.36. The van der Waals surface area contributed by atoms with Gasteiger partial charge in [-0.1, -0.05) is 30.3 Å². The van der Waals surface area contributed by atoms with E-state index in [9.17, 15) is 4.79 Å². The third-order valence-corrected chi connectivity index (χ3v) is 2.59. The van der Waals surface area contributed by atoms with Gasteiger partial charge in [0, 0.05) is 5.71 Å². The van der Waals surface area contributed by atoms with Gasteiger partial charge >= 0.3 is 0 Å². The Hall–Kier alpha value is -1.64. The molecular formula is C11H14N2O. The Balaban J connectivity index is 3.27. The molecule has 1 atom stereocenters. The Morgan fingerprint density at radius 2 is 1.86 bits per heavy atom. The van der Waals surface area contributed by atoms with Crippen LogP contribution in [0.3, 0.4) is 0 Å². The standard InChI is InChI=1S/C11H14N2O/c1-8(12)11(2,10(13)14)9-6-4-3-5-7-9/h3-7,12H,1-2H3,(H2,13,14). The number of benzene rings is 1. The highest BCUT2D eigenvalue weighted by molar-refractivity contribution is 6.10. The molecule has 1 unspecified atom stereocenters. The van der Waals surface area contributed by atoms with Crippen molar-refractivity contribution in [3.63, 3.8) is 0 Å². The van der Waals surface area contributed by atoms with E-state index in [1.165, 1.54) is 0 Å². The van der Waals surface area contributed by atoms with E-state index in [-0.39, 0.29) is 5.71 Å². The van der Waals surface area contributed by atoms with Crippen molar-refractivity contribution >= 4 is 11.6 Å². The Bertz CT molecular complexity index is 343. The van der Waals surface area contributed by atoms with Crippen molar-refractivity contribution in [2.24, 2.45) is 5.73 Å². The smallest absolute Gasteiger partial charge is 0.233 e. The zero-order chi connectivity index (χ0) is 10.8. The maximum Gasteiger partial charge on any atom is 0.233 e. The predicted molar refractivity (Wildman–Crippen MR) is 56.4 cm³/mol. The molecule has 0 aliphatic heterocycles. The van der Waals surface area contributed by atoms with E-state index in [0.717, 1.165) is 5.56 Å². The highest BCUT2D eigenvalue weighted by atomic mass is 16.1. The number of carbonyl (C=O) groups is 1. The summed E-state index contributed by atoms with van der Waals surface area (Å²) in [5, 5.41) is 7.62. The lowest BCUT2D eigenvalue weighted by Gasteiger charge is -2.25. The fraction of sp³-hybridized carbons (Fsp3) is 0.273. The Kier molecular flexibility index (Phi) is 2.70. The first-order valence-corrected chi connectivity index (χ1v) is 4.40. The number of nitrogens with two attached hydrogens (primary N) is 1. The first-order chi connectivity index (χ1) is 6.49. The van der Waals surface area contributed by atoms with Crippen LogP contribution in [0.2, 0.25) is 0 Å². The maximum absolute atomic E-state index is 11.3. The Morgan fingerprint density at radius 3 is 2.21 bits per heavy atom.